The average Bonchev–Trinajstić information content (AvgIpc) is 2.42. The van der Waals surface area contributed by atoms with Gasteiger partial charge in [0, 0.05) is 19.7 Å². The van der Waals surface area contributed by atoms with Crippen LogP contribution < -0.4 is 15.4 Å². The summed E-state index contributed by atoms with van der Waals surface area (Å²) in [4.78, 5) is 2.28. The maximum Gasteiger partial charge on any atom is 0.142 e. The van der Waals surface area contributed by atoms with E-state index in [4.69, 9.17) is 15.6 Å². The number of benzene rings is 1. The van der Waals surface area contributed by atoms with Crippen LogP contribution in [-0.4, -0.2) is 38.5 Å². The zero-order valence-corrected chi connectivity index (χ0v) is 11.1. The number of nitrogens with zero attached hydrogens (tertiary/aromatic N) is 1. The van der Waals surface area contributed by atoms with Gasteiger partial charge in [-0.3, -0.25) is 0 Å². The summed E-state index contributed by atoms with van der Waals surface area (Å²) < 4.78 is 5.39. The van der Waals surface area contributed by atoms with Gasteiger partial charge in [0.15, 0.2) is 0 Å². The maximum atomic E-state index is 8.86. The molecule has 0 radical (unpaired) electrons. The van der Waals surface area contributed by atoms with E-state index in [9.17, 15) is 0 Å². The quantitative estimate of drug-likeness (QED) is 0.656. The molecule has 1 aromatic carbocycles. The van der Waals surface area contributed by atoms with E-state index in [1.54, 1.807) is 7.11 Å². The second-order valence-electron chi connectivity index (χ2n) is 4.23. The number of hydrogen-bond acceptors (Lipinski definition) is 4. The number of para-hydroxylation sites is 2. The minimum absolute atomic E-state index is 0.247. The molecule has 0 spiro atoms. The lowest BCUT2D eigenvalue weighted by Crippen LogP contribution is -2.27. The zero-order chi connectivity index (χ0) is 13.2. The number of methoxy groups -OCH3 is 1. The van der Waals surface area contributed by atoms with Gasteiger partial charge in [-0.1, -0.05) is 12.1 Å². The Kier molecular flexibility index (Phi) is 7.22. The molecule has 18 heavy (non-hydrogen) atoms. The van der Waals surface area contributed by atoms with E-state index < -0.39 is 0 Å². The highest BCUT2D eigenvalue weighted by Gasteiger charge is 2.10. The van der Waals surface area contributed by atoms with Crippen LogP contribution in [0.5, 0.6) is 5.75 Å². The number of unbranched alkanes of at least 4 members (excludes halogenated alkanes) is 1. The van der Waals surface area contributed by atoms with Gasteiger partial charge in [0.05, 0.1) is 12.8 Å². The van der Waals surface area contributed by atoms with Crippen molar-refractivity contribution in [2.75, 3.05) is 38.3 Å². The molecule has 0 unspecified atom stereocenters. The van der Waals surface area contributed by atoms with Crippen molar-refractivity contribution in [2.45, 2.75) is 19.3 Å². The normalized spacial score (nSPS) is 10.4. The summed E-state index contributed by atoms with van der Waals surface area (Å²) in [5.74, 6) is 0.888. The zero-order valence-electron chi connectivity index (χ0n) is 11.1. The molecule has 0 fully saturated rings. The van der Waals surface area contributed by atoms with Crippen molar-refractivity contribution in [1.29, 1.82) is 0 Å². The Morgan fingerprint density at radius 3 is 2.56 bits per heavy atom. The number of hydrogen-bond donors (Lipinski definition) is 2. The minimum Gasteiger partial charge on any atom is -0.495 e. The van der Waals surface area contributed by atoms with E-state index in [1.807, 2.05) is 18.2 Å². The number of ether oxygens (including phenoxy) is 1. The van der Waals surface area contributed by atoms with Crippen LogP contribution in [-0.2, 0) is 0 Å². The summed E-state index contributed by atoms with van der Waals surface area (Å²) >= 11 is 0. The lowest BCUT2D eigenvalue weighted by Gasteiger charge is -2.26. The molecule has 0 saturated heterocycles. The second kappa shape index (κ2) is 8.78. The fourth-order valence-corrected chi connectivity index (χ4v) is 1.94. The third-order valence-electron chi connectivity index (χ3n) is 2.89. The van der Waals surface area contributed by atoms with Crippen LogP contribution in [0.1, 0.15) is 19.3 Å². The van der Waals surface area contributed by atoms with Crippen LogP contribution >= 0.6 is 0 Å². The lowest BCUT2D eigenvalue weighted by atomic mass is 10.2. The molecular weight excluding hydrogens is 228 g/mol. The van der Waals surface area contributed by atoms with Crippen LogP contribution in [0.25, 0.3) is 0 Å². The smallest absolute Gasteiger partial charge is 0.142 e. The molecule has 4 heteroatoms. The Labute approximate surface area is 109 Å². The van der Waals surface area contributed by atoms with Gasteiger partial charge >= 0.3 is 0 Å². The van der Waals surface area contributed by atoms with E-state index in [0.717, 1.165) is 43.8 Å². The molecular formula is C14H24N2O2. The lowest BCUT2D eigenvalue weighted by molar-refractivity contribution is 0.285. The van der Waals surface area contributed by atoms with Crippen molar-refractivity contribution in [3.05, 3.63) is 24.3 Å². The summed E-state index contributed by atoms with van der Waals surface area (Å²) in [5.41, 5.74) is 6.69. The number of nitrogens with two attached hydrogens (primary N) is 1. The maximum absolute atomic E-state index is 8.86. The molecule has 0 atom stereocenters. The van der Waals surface area contributed by atoms with Crippen molar-refractivity contribution in [3.8, 4) is 5.75 Å². The number of anilines is 1. The number of aliphatic hydroxyl groups excluding tert-OH is 1. The van der Waals surface area contributed by atoms with Crippen LogP contribution in [0.3, 0.4) is 0 Å². The molecule has 0 aromatic heterocycles. The highest BCUT2D eigenvalue weighted by molar-refractivity contribution is 5.58. The standard InChI is InChI=1S/C14H24N2O2/c1-18-14-8-3-2-7-13(14)16(11-6-9-15)10-4-5-12-17/h2-3,7-8,17H,4-6,9-12,15H2,1H3. The molecule has 0 amide bonds. The van der Waals surface area contributed by atoms with Crippen LogP contribution in [0.2, 0.25) is 0 Å². The Morgan fingerprint density at radius 2 is 1.89 bits per heavy atom. The number of rotatable bonds is 9. The number of aliphatic hydroxyl groups is 1. The van der Waals surface area contributed by atoms with Crippen LogP contribution in [0.4, 0.5) is 5.69 Å². The van der Waals surface area contributed by atoms with Gasteiger partial charge < -0.3 is 20.5 Å². The highest BCUT2D eigenvalue weighted by Crippen LogP contribution is 2.27. The van der Waals surface area contributed by atoms with E-state index in [1.165, 1.54) is 0 Å². The predicted molar refractivity (Wildman–Crippen MR) is 75.2 cm³/mol. The Bertz CT molecular complexity index is 331. The van der Waals surface area contributed by atoms with Crippen molar-refractivity contribution in [1.82, 2.24) is 0 Å². The second-order valence-corrected chi connectivity index (χ2v) is 4.23. The van der Waals surface area contributed by atoms with Gasteiger partial charge in [-0.05, 0) is 37.9 Å². The monoisotopic (exact) mass is 252 g/mol. The van der Waals surface area contributed by atoms with Crippen molar-refractivity contribution < 1.29 is 9.84 Å². The minimum atomic E-state index is 0.247. The van der Waals surface area contributed by atoms with E-state index in [-0.39, 0.29) is 6.61 Å². The molecule has 102 valence electrons. The molecule has 4 nitrogen and oxygen atoms in total. The molecule has 3 N–H and O–H groups in total. The molecule has 1 rings (SSSR count). The van der Waals surface area contributed by atoms with E-state index in [2.05, 4.69) is 11.0 Å². The molecule has 0 aliphatic heterocycles. The first-order valence-corrected chi connectivity index (χ1v) is 6.52. The molecule has 1 aromatic rings. The van der Waals surface area contributed by atoms with Crippen LogP contribution in [0, 0.1) is 0 Å². The SMILES string of the molecule is COc1ccccc1N(CCCN)CCCCO. The third-order valence-corrected chi connectivity index (χ3v) is 2.89. The van der Waals surface area contributed by atoms with E-state index in [0.29, 0.717) is 6.54 Å². The Morgan fingerprint density at radius 1 is 1.17 bits per heavy atom. The summed E-state index contributed by atoms with van der Waals surface area (Å²) in [5, 5.41) is 8.86. The first kappa shape index (κ1) is 14.8. The first-order valence-electron chi connectivity index (χ1n) is 6.52. The average molecular weight is 252 g/mol. The van der Waals surface area contributed by atoms with Gasteiger partial charge in [-0.25, -0.2) is 0 Å². The third kappa shape index (κ3) is 4.55. The van der Waals surface area contributed by atoms with Gasteiger partial charge in [0.25, 0.3) is 0 Å². The fraction of sp³-hybridized carbons (Fsp3) is 0.571. The van der Waals surface area contributed by atoms with Gasteiger partial charge in [-0.15, -0.1) is 0 Å². The molecule has 0 bridgehead atoms. The van der Waals surface area contributed by atoms with Gasteiger partial charge in [-0.2, -0.15) is 0 Å². The first-order chi connectivity index (χ1) is 8.83. The fourth-order valence-electron chi connectivity index (χ4n) is 1.94. The largest absolute Gasteiger partial charge is 0.495 e. The van der Waals surface area contributed by atoms with Gasteiger partial charge in [0.1, 0.15) is 5.75 Å². The van der Waals surface area contributed by atoms with Crippen molar-refractivity contribution in [2.24, 2.45) is 5.73 Å². The molecule has 0 saturated carbocycles. The molecule has 0 aliphatic carbocycles. The van der Waals surface area contributed by atoms with Gasteiger partial charge in [0.2, 0.25) is 0 Å². The highest BCUT2D eigenvalue weighted by atomic mass is 16.5. The van der Waals surface area contributed by atoms with E-state index >= 15 is 0 Å². The van der Waals surface area contributed by atoms with Crippen molar-refractivity contribution in [3.63, 3.8) is 0 Å². The molecule has 0 aliphatic rings. The Balaban J connectivity index is 2.72. The summed E-state index contributed by atoms with van der Waals surface area (Å²) in [6.45, 7) is 2.77. The Hall–Kier alpha value is -1.26. The molecule has 0 heterocycles. The summed E-state index contributed by atoms with van der Waals surface area (Å²) in [7, 11) is 1.69. The summed E-state index contributed by atoms with van der Waals surface area (Å²) in [6.07, 6.45) is 2.75. The summed E-state index contributed by atoms with van der Waals surface area (Å²) in [6, 6.07) is 8.02. The van der Waals surface area contributed by atoms with Crippen molar-refractivity contribution >= 4 is 5.69 Å². The predicted octanol–water partition coefficient (Wildman–Crippen LogP) is 1.62. The van der Waals surface area contributed by atoms with Crippen LogP contribution in [0.15, 0.2) is 24.3 Å². The topological polar surface area (TPSA) is 58.7 Å².